The average molecular weight is 499 g/mol. The number of hydrogen-bond acceptors (Lipinski definition) is 9. The first-order valence-electron chi connectivity index (χ1n) is 12.4. The van der Waals surface area contributed by atoms with Crippen molar-refractivity contribution in [3.8, 4) is 22.9 Å². The third kappa shape index (κ3) is 5.62. The third-order valence-corrected chi connectivity index (χ3v) is 6.39. The van der Waals surface area contributed by atoms with Crippen molar-refractivity contribution in [3.05, 3.63) is 66.5 Å². The maximum atomic E-state index is 11.7. The van der Waals surface area contributed by atoms with Crippen molar-refractivity contribution in [1.29, 1.82) is 0 Å². The fourth-order valence-electron chi connectivity index (χ4n) is 4.47. The second-order valence-electron chi connectivity index (χ2n) is 8.95. The molecule has 1 unspecified atom stereocenters. The van der Waals surface area contributed by atoms with E-state index >= 15 is 0 Å². The minimum atomic E-state index is -0.336. The zero-order valence-corrected chi connectivity index (χ0v) is 21.0. The number of ether oxygens (including phenoxy) is 2. The van der Waals surface area contributed by atoms with Crippen LogP contribution in [0, 0.1) is 6.92 Å². The van der Waals surface area contributed by atoms with E-state index in [1.807, 2.05) is 55.5 Å². The van der Waals surface area contributed by atoms with Crippen LogP contribution in [0.2, 0.25) is 0 Å². The maximum Gasteiger partial charge on any atom is 0.325 e. The number of carbonyl (C=O) groups is 1. The quantitative estimate of drug-likeness (QED) is 0.302. The van der Waals surface area contributed by atoms with Gasteiger partial charge in [0.1, 0.15) is 12.3 Å². The minimum absolute atomic E-state index is 0.0745. The number of rotatable bonds is 8. The summed E-state index contributed by atoms with van der Waals surface area (Å²) in [5.74, 6) is 1.40. The van der Waals surface area contributed by atoms with Gasteiger partial charge in [0, 0.05) is 41.4 Å². The summed E-state index contributed by atoms with van der Waals surface area (Å²) < 4.78 is 11.2. The van der Waals surface area contributed by atoms with E-state index in [4.69, 9.17) is 14.5 Å². The molecule has 2 aromatic heterocycles. The summed E-state index contributed by atoms with van der Waals surface area (Å²) in [6.07, 6.45) is 5.66. The molecule has 37 heavy (non-hydrogen) atoms. The zero-order chi connectivity index (χ0) is 25.6. The third-order valence-electron chi connectivity index (χ3n) is 6.39. The van der Waals surface area contributed by atoms with Gasteiger partial charge in [-0.1, -0.05) is 24.3 Å². The van der Waals surface area contributed by atoms with Crippen LogP contribution >= 0.6 is 0 Å². The second-order valence-corrected chi connectivity index (χ2v) is 8.95. The molecule has 0 radical (unpaired) electrons. The van der Waals surface area contributed by atoms with Gasteiger partial charge in [-0.2, -0.15) is 0 Å². The summed E-state index contributed by atoms with van der Waals surface area (Å²) in [7, 11) is 1.37. The maximum absolute atomic E-state index is 11.7. The number of anilines is 2. The first-order chi connectivity index (χ1) is 18.1. The lowest BCUT2D eigenvalue weighted by molar-refractivity contribution is -0.138. The standard InChI is InChI=1S/C28H30N6O3/c1-18-10-11-20-21(7-3-9-23(20)32-17-25(35)36-2)26(18)37-27-22(8-5-14-30-27)24-12-15-31-28(34-24)33-19-6-4-13-29-16-19/h3,5,7-12,14-15,19,29,32H,4,6,13,16-17H2,1-2H3,(H,31,33,34). The van der Waals surface area contributed by atoms with E-state index in [9.17, 15) is 4.79 Å². The summed E-state index contributed by atoms with van der Waals surface area (Å²) in [6, 6.07) is 15.8. The molecule has 5 rings (SSSR count). The molecule has 190 valence electrons. The van der Waals surface area contributed by atoms with Gasteiger partial charge in [-0.05, 0) is 56.1 Å². The number of hydrogen-bond donors (Lipinski definition) is 3. The molecular weight excluding hydrogens is 468 g/mol. The van der Waals surface area contributed by atoms with E-state index in [2.05, 4.69) is 25.9 Å². The van der Waals surface area contributed by atoms with Crippen LogP contribution in [0.4, 0.5) is 11.6 Å². The van der Waals surface area contributed by atoms with Gasteiger partial charge < -0.3 is 25.4 Å². The number of carbonyl (C=O) groups excluding carboxylic acids is 1. The van der Waals surface area contributed by atoms with Crippen molar-refractivity contribution in [2.24, 2.45) is 0 Å². The number of esters is 1. The molecule has 0 amide bonds. The molecule has 1 saturated heterocycles. The van der Waals surface area contributed by atoms with Gasteiger partial charge in [0.05, 0.1) is 18.4 Å². The number of aromatic nitrogens is 3. The molecule has 1 aliphatic heterocycles. The highest BCUT2D eigenvalue weighted by Crippen LogP contribution is 2.38. The van der Waals surface area contributed by atoms with Crippen LogP contribution in [0.5, 0.6) is 11.6 Å². The van der Waals surface area contributed by atoms with Crippen LogP contribution in [-0.4, -0.2) is 53.7 Å². The smallest absolute Gasteiger partial charge is 0.325 e. The van der Waals surface area contributed by atoms with Crippen LogP contribution in [0.1, 0.15) is 18.4 Å². The summed E-state index contributed by atoms with van der Waals surface area (Å²) in [5, 5.41) is 11.8. The molecular formula is C28H30N6O3. The van der Waals surface area contributed by atoms with Gasteiger partial charge in [-0.15, -0.1) is 0 Å². The van der Waals surface area contributed by atoms with Crippen LogP contribution in [0.15, 0.2) is 60.9 Å². The van der Waals surface area contributed by atoms with Crippen molar-refractivity contribution < 1.29 is 14.3 Å². The van der Waals surface area contributed by atoms with Gasteiger partial charge in [0.2, 0.25) is 11.8 Å². The Morgan fingerprint density at radius 1 is 1.08 bits per heavy atom. The molecule has 1 aliphatic rings. The first kappa shape index (κ1) is 24.5. The van der Waals surface area contributed by atoms with Crippen molar-refractivity contribution >= 4 is 28.4 Å². The molecule has 9 nitrogen and oxygen atoms in total. The van der Waals surface area contributed by atoms with E-state index in [0.29, 0.717) is 23.6 Å². The highest BCUT2D eigenvalue weighted by Gasteiger charge is 2.17. The largest absolute Gasteiger partial charge is 0.468 e. The number of nitrogens with one attached hydrogen (secondary N) is 3. The molecule has 0 spiro atoms. The Balaban J connectivity index is 1.46. The lowest BCUT2D eigenvalue weighted by Crippen LogP contribution is -2.38. The summed E-state index contributed by atoms with van der Waals surface area (Å²) in [6.45, 7) is 4.01. The molecule has 9 heteroatoms. The number of methoxy groups -OCH3 is 1. The minimum Gasteiger partial charge on any atom is -0.468 e. The monoisotopic (exact) mass is 498 g/mol. The number of fused-ring (bicyclic) bond motifs is 1. The topological polar surface area (TPSA) is 110 Å². The van der Waals surface area contributed by atoms with E-state index in [0.717, 1.165) is 59.2 Å². The highest BCUT2D eigenvalue weighted by atomic mass is 16.5. The lowest BCUT2D eigenvalue weighted by atomic mass is 10.0. The molecule has 4 aromatic rings. The molecule has 3 N–H and O–H groups in total. The van der Waals surface area contributed by atoms with Crippen molar-refractivity contribution in [1.82, 2.24) is 20.3 Å². The van der Waals surface area contributed by atoms with Crippen LogP contribution in [0.3, 0.4) is 0 Å². The van der Waals surface area contributed by atoms with Gasteiger partial charge in [-0.25, -0.2) is 15.0 Å². The predicted molar refractivity (Wildman–Crippen MR) is 144 cm³/mol. The van der Waals surface area contributed by atoms with Crippen molar-refractivity contribution in [3.63, 3.8) is 0 Å². The van der Waals surface area contributed by atoms with Crippen LogP contribution in [0.25, 0.3) is 22.0 Å². The van der Waals surface area contributed by atoms with Gasteiger partial charge >= 0.3 is 5.97 Å². The van der Waals surface area contributed by atoms with Gasteiger partial charge in [0.15, 0.2) is 0 Å². The summed E-state index contributed by atoms with van der Waals surface area (Å²) in [4.78, 5) is 25.4. The Morgan fingerprint density at radius 3 is 2.84 bits per heavy atom. The Kier molecular flexibility index (Phi) is 7.41. The summed E-state index contributed by atoms with van der Waals surface area (Å²) >= 11 is 0. The summed E-state index contributed by atoms with van der Waals surface area (Å²) in [5.41, 5.74) is 3.27. The number of nitrogens with zero attached hydrogens (tertiary/aromatic N) is 3. The molecule has 0 bridgehead atoms. The van der Waals surface area contributed by atoms with E-state index in [-0.39, 0.29) is 12.5 Å². The van der Waals surface area contributed by atoms with Crippen LogP contribution < -0.4 is 20.7 Å². The number of pyridine rings is 1. The number of aryl methyl sites for hydroxylation is 1. The Labute approximate surface area is 215 Å². The van der Waals surface area contributed by atoms with Crippen molar-refractivity contribution in [2.75, 3.05) is 37.4 Å². The predicted octanol–water partition coefficient (Wildman–Crippen LogP) is 4.54. The molecule has 0 saturated carbocycles. The van der Waals surface area contributed by atoms with Crippen LogP contribution in [-0.2, 0) is 9.53 Å². The molecule has 3 heterocycles. The zero-order valence-electron chi connectivity index (χ0n) is 21.0. The average Bonchev–Trinajstić information content (AvgIpc) is 2.94. The lowest BCUT2D eigenvalue weighted by Gasteiger charge is -2.23. The Morgan fingerprint density at radius 2 is 2.00 bits per heavy atom. The molecule has 0 aliphatic carbocycles. The molecule has 2 aromatic carbocycles. The first-order valence-corrected chi connectivity index (χ1v) is 12.4. The van der Waals surface area contributed by atoms with Crippen molar-refractivity contribution in [2.45, 2.75) is 25.8 Å². The number of benzene rings is 2. The number of piperidine rings is 1. The second kappa shape index (κ2) is 11.2. The van der Waals surface area contributed by atoms with Gasteiger partial charge in [0.25, 0.3) is 0 Å². The fourth-order valence-corrected chi connectivity index (χ4v) is 4.47. The van der Waals surface area contributed by atoms with E-state index < -0.39 is 0 Å². The SMILES string of the molecule is COC(=O)CNc1cccc2c(Oc3ncccc3-c3ccnc(NC4CCCNC4)n3)c(C)ccc12. The molecule has 1 fully saturated rings. The van der Waals surface area contributed by atoms with E-state index in [1.54, 1.807) is 12.4 Å². The highest BCUT2D eigenvalue weighted by molar-refractivity contribution is 5.99. The fraction of sp³-hybridized carbons (Fsp3) is 0.286. The Bertz CT molecular complexity index is 1400. The van der Waals surface area contributed by atoms with E-state index in [1.165, 1.54) is 7.11 Å². The van der Waals surface area contributed by atoms with Gasteiger partial charge in [-0.3, -0.25) is 4.79 Å². The Hall–Kier alpha value is -4.24. The molecule has 1 atom stereocenters. The normalized spacial score (nSPS) is 15.2.